The van der Waals surface area contributed by atoms with Crippen LogP contribution in [0.3, 0.4) is 0 Å². The van der Waals surface area contributed by atoms with E-state index in [1.54, 1.807) is 0 Å². The lowest BCUT2D eigenvalue weighted by Gasteiger charge is -1.94. The zero-order valence-corrected chi connectivity index (χ0v) is 5.15. The molecule has 0 rings (SSSR count). The van der Waals surface area contributed by atoms with Crippen molar-refractivity contribution in [1.29, 1.82) is 0 Å². The number of hydrogen-bond acceptors (Lipinski definition) is 2. The molecule has 0 unspecified atom stereocenters. The Morgan fingerprint density at radius 2 is 2.38 bits per heavy atom. The Balaban J connectivity index is 2.82. The third kappa shape index (κ3) is 5.76. The van der Waals surface area contributed by atoms with Crippen molar-refractivity contribution in [2.45, 2.75) is 12.8 Å². The highest BCUT2D eigenvalue weighted by molar-refractivity contribution is 6.61. The molecule has 3 heteroatoms. The van der Waals surface area contributed by atoms with Crippen molar-refractivity contribution in [1.82, 2.24) is 0 Å². The summed E-state index contributed by atoms with van der Waals surface area (Å²) in [5.41, 5.74) is -0.765. The molecular weight excluding hydrogens is 128 g/mol. The molecule has 0 bridgehead atoms. The molecule has 0 aromatic rings. The van der Waals surface area contributed by atoms with Crippen LogP contribution in [0.4, 0.5) is 4.79 Å². The van der Waals surface area contributed by atoms with Gasteiger partial charge in [-0.05, 0) is 19.8 Å². The van der Waals surface area contributed by atoms with Crippen molar-refractivity contribution >= 4 is 17.0 Å². The molecular formula is C5H7ClO2. The molecule has 0 aliphatic heterocycles. The minimum absolute atomic E-state index is 0.318. The van der Waals surface area contributed by atoms with Crippen LogP contribution in [-0.4, -0.2) is 12.0 Å². The summed E-state index contributed by atoms with van der Waals surface area (Å²) in [6.45, 7) is 5.40. The summed E-state index contributed by atoms with van der Waals surface area (Å²) in [7, 11) is 0. The molecule has 0 aromatic heterocycles. The fraction of sp³-hybridized carbons (Fsp3) is 0.600. The van der Waals surface area contributed by atoms with Crippen molar-refractivity contribution in [2.24, 2.45) is 0 Å². The van der Waals surface area contributed by atoms with Gasteiger partial charge in [-0.2, -0.15) is 0 Å². The van der Waals surface area contributed by atoms with E-state index in [9.17, 15) is 4.79 Å². The molecule has 0 spiro atoms. The third-order valence-corrected chi connectivity index (χ3v) is 0.673. The number of carbonyl (C=O) groups excluding carboxylic acids is 1. The van der Waals surface area contributed by atoms with Gasteiger partial charge >= 0.3 is 5.43 Å². The lowest BCUT2D eigenvalue weighted by Crippen LogP contribution is -1.94. The van der Waals surface area contributed by atoms with Crippen LogP contribution in [0, 0.1) is 6.92 Å². The van der Waals surface area contributed by atoms with E-state index in [-0.39, 0.29) is 0 Å². The van der Waals surface area contributed by atoms with E-state index in [2.05, 4.69) is 4.74 Å². The van der Waals surface area contributed by atoms with Crippen molar-refractivity contribution < 1.29 is 9.53 Å². The monoisotopic (exact) mass is 134 g/mol. The maximum Gasteiger partial charge on any atom is 0.403 e. The predicted molar refractivity (Wildman–Crippen MR) is 30.7 cm³/mol. The molecule has 46 valence electrons. The van der Waals surface area contributed by atoms with Crippen molar-refractivity contribution in [3.8, 4) is 0 Å². The van der Waals surface area contributed by atoms with Gasteiger partial charge in [0.1, 0.15) is 0 Å². The Bertz CT molecular complexity index is 72.8. The molecule has 0 fully saturated rings. The number of unbranched alkanes of at least 4 members (excludes halogenated alkanes) is 1. The maximum atomic E-state index is 9.82. The zero-order chi connectivity index (χ0) is 6.41. The van der Waals surface area contributed by atoms with E-state index in [0.29, 0.717) is 19.4 Å². The van der Waals surface area contributed by atoms with Crippen molar-refractivity contribution in [2.75, 3.05) is 6.61 Å². The first-order valence-corrected chi connectivity index (χ1v) is 2.67. The Morgan fingerprint density at radius 3 is 2.75 bits per heavy atom. The van der Waals surface area contributed by atoms with E-state index < -0.39 is 5.43 Å². The maximum absolute atomic E-state index is 9.82. The molecule has 0 atom stereocenters. The van der Waals surface area contributed by atoms with Gasteiger partial charge in [-0.3, -0.25) is 0 Å². The highest BCUT2D eigenvalue weighted by Crippen LogP contribution is 1.91. The summed E-state index contributed by atoms with van der Waals surface area (Å²) in [6, 6.07) is 0. The minimum atomic E-state index is -0.765. The molecule has 0 saturated heterocycles. The zero-order valence-electron chi connectivity index (χ0n) is 4.39. The molecule has 0 aliphatic carbocycles. The number of rotatable bonds is 3. The Morgan fingerprint density at radius 1 is 1.75 bits per heavy atom. The van der Waals surface area contributed by atoms with Crippen LogP contribution >= 0.6 is 11.6 Å². The Kier molecular flexibility index (Phi) is 4.76. The van der Waals surface area contributed by atoms with E-state index in [4.69, 9.17) is 18.5 Å². The molecule has 2 radical (unpaired) electrons. The lowest BCUT2D eigenvalue weighted by molar-refractivity contribution is 0.172. The summed E-state index contributed by atoms with van der Waals surface area (Å²) in [4.78, 5) is 9.82. The molecule has 0 aromatic carbocycles. The molecule has 8 heavy (non-hydrogen) atoms. The highest BCUT2D eigenvalue weighted by Gasteiger charge is 1.91. The summed E-state index contributed by atoms with van der Waals surface area (Å²) in [6.07, 6.45) is 1.18. The van der Waals surface area contributed by atoms with Gasteiger partial charge in [-0.25, -0.2) is 4.79 Å². The summed E-state index contributed by atoms with van der Waals surface area (Å²) in [5, 5.41) is 0. The second-order valence-corrected chi connectivity index (χ2v) is 1.54. The normalized spacial score (nSPS) is 8.75. The first kappa shape index (κ1) is 7.76. The van der Waals surface area contributed by atoms with Gasteiger partial charge in [0.2, 0.25) is 0 Å². The number of hydrogen-bond donors (Lipinski definition) is 0. The average molecular weight is 135 g/mol. The quantitative estimate of drug-likeness (QED) is 0.435. The van der Waals surface area contributed by atoms with Crippen LogP contribution in [0.2, 0.25) is 0 Å². The third-order valence-electron chi connectivity index (χ3n) is 0.564. The predicted octanol–water partition coefficient (Wildman–Crippen LogP) is 1.85. The van der Waals surface area contributed by atoms with Crippen molar-refractivity contribution in [3.05, 3.63) is 6.92 Å². The molecule has 0 aliphatic rings. The average Bonchev–Trinajstić information content (AvgIpc) is 1.66. The van der Waals surface area contributed by atoms with Gasteiger partial charge < -0.3 is 4.74 Å². The van der Waals surface area contributed by atoms with Crippen LogP contribution in [0.5, 0.6) is 0 Å². The van der Waals surface area contributed by atoms with E-state index in [1.807, 2.05) is 0 Å². The van der Waals surface area contributed by atoms with Gasteiger partial charge in [0.05, 0.1) is 6.61 Å². The highest BCUT2D eigenvalue weighted by atomic mass is 35.5. The van der Waals surface area contributed by atoms with E-state index in [1.165, 1.54) is 0 Å². The Labute approximate surface area is 53.8 Å². The number of halogens is 1. The van der Waals surface area contributed by atoms with Gasteiger partial charge in [0, 0.05) is 11.6 Å². The summed E-state index contributed by atoms with van der Waals surface area (Å²) in [5.74, 6) is 0. The molecule has 0 amide bonds. The first-order valence-electron chi connectivity index (χ1n) is 2.29. The summed E-state index contributed by atoms with van der Waals surface area (Å²) < 4.78 is 4.33. The fourth-order valence-corrected chi connectivity index (χ4v) is 0.313. The smallest absolute Gasteiger partial charge is 0.403 e. The topological polar surface area (TPSA) is 26.3 Å². The van der Waals surface area contributed by atoms with Crippen LogP contribution in [0.15, 0.2) is 0 Å². The lowest BCUT2D eigenvalue weighted by atomic mass is 10.4. The number of carbonyl (C=O) groups is 1. The van der Waals surface area contributed by atoms with Gasteiger partial charge in [-0.1, -0.05) is 0 Å². The molecule has 0 N–H and O–H groups in total. The van der Waals surface area contributed by atoms with Crippen LogP contribution in [0.1, 0.15) is 12.8 Å². The van der Waals surface area contributed by atoms with Gasteiger partial charge in [0.25, 0.3) is 0 Å². The van der Waals surface area contributed by atoms with Crippen LogP contribution < -0.4 is 0 Å². The van der Waals surface area contributed by atoms with Gasteiger partial charge in [0.15, 0.2) is 0 Å². The molecule has 0 heterocycles. The number of ether oxygens (including phenoxy) is 1. The summed E-state index contributed by atoms with van der Waals surface area (Å²) >= 11 is 4.81. The van der Waals surface area contributed by atoms with Crippen LogP contribution in [0.25, 0.3) is 0 Å². The van der Waals surface area contributed by atoms with Crippen molar-refractivity contribution in [3.63, 3.8) is 0 Å². The minimum Gasteiger partial charge on any atom is -0.454 e. The Hall–Kier alpha value is -0.240. The molecule has 2 nitrogen and oxygen atoms in total. The largest absolute Gasteiger partial charge is 0.454 e. The fourth-order valence-electron chi connectivity index (χ4n) is 0.236. The van der Waals surface area contributed by atoms with Gasteiger partial charge in [-0.15, -0.1) is 0 Å². The molecule has 0 saturated carbocycles. The van der Waals surface area contributed by atoms with E-state index in [0.717, 1.165) is 0 Å². The first-order chi connectivity index (χ1) is 3.77. The second kappa shape index (κ2) is 4.91. The van der Waals surface area contributed by atoms with Crippen LogP contribution in [-0.2, 0) is 4.74 Å². The second-order valence-electron chi connectivity index (χ2n) is 1.23. The SMILES string of the molecule is [CH]CCCOC(=O)Cl. The van der Waals surface area contributed by atoms with E-state index >= 15 is 0 Å². The standard InChI is InChI=1S/C5H7ClO2/c1-2-3-4-8-5(6)7/h1H,2-4H2.